The van der Waals surface area contributed by atoms with Crippen LogP contribution in [-0.2, 0) is 9.53 Å². The smallest absolute Gasteiger partial charge is 0.250 e. The number of amides is 1. The molecule has 1 aromatic heterocycles. The van der Waals surface area contributed by atoms with Crippen molar-refractivity contribution in [2.75, 3.05) is 11.9 Å². The van der Waals surface area contributed by atoms with Crippen molar-refractivity contribution >= 4 is 22.5 Å². The van der Waals surface area contributed by atoms with Gasteiger partial charge in [-0.05, 0) is 39.8 Å². The first kappa shape index (κ1) is 14.5. The Balaban J connectivity index is 2.19. The van der Waals surface area contributed by atoms with Crippen LogP contribution in [-0.4, -0.2) is 23.1 Å². The highest BCUT2D eigenvalue weighted by atomic mass is 16.5. The van der Waals surface area contributed by atoms with Crippen molar-refractivity contribution in [1.29, 1.82) is 0 Å². The minimum absolute atomic E-state index is 0.0409. The van der Waals surface area contributed by atoms with Crippen molar-refractivity contribution in [2.24, 2.45) is 0 Å². The van der Waals surface area contributed by atoms with Gasteiger partial charge in [0.15, 0.2) is 0 Å². The molecule has 1 aromatic carbocycles. The van der Waals surface area contributed by atoms with Gasteiger partial charge in [-0.3, -0.25) is 9.78 Å². The first-order chi connectivity index (χ1) is 9.35. The molecule has 0 bridgehead atoms. The van der Waals surface area contributed by atoms with E-state index in [0.29, 0.717) is 0 Å². The lowest BCUT2D eigenvalue weighted by Gasteiger charge is -2.19. The lowest BCUT2D eigenvalue weighted by molar-refractivity contribution is -0.125. The summed E-state index contributed by atoms with van der Waals surface area (Å²) in [4.78, 5) is 16.4. The molecular formula is C16H20N2O2. The second kappa shape index (κ2) is 5.59. The Labute approximate surface area is 119 Å². The monoisotopic (exact) mass is 272 g/mol. The van der Waals surface area contributed by atoms with Gasteiger partial charge in [0.25, 0.3) is 0 Å². The number of hydrogen-bond acceptors (Lipinski definition) is 3. The maximum Gasteiger partial charge on any atom is 0.250 e. The molecule has 20 heavy (non-hydrogen) atoms. The fourth-order valence-corrected chi connectivity index (χ4v) is 1.88. The van der Waals surface area contributed by atoms with Gasteiger partial charge in [0.1, 0.15) is 6.61 Å². The van der Waals surface area contributed by atoms with E-state index in [9.17, 15) is 4.79 Å². The van der Waals surface area contributed by atoms with Gasteiger partial charge in [-0.15, -0.1) is 0 Å². The molecule has 1 N–H and O–H groups in total. The van der Waals surface area contributed by atoms with Gasteiger partial charge in [0.2, 0.25) is 5.91 Å². The van der Waals surface area contributed by atoms with Crippen LogP contribution in [0.1, 0.15) is 26.5 Å². The molecule has 0 aliphatic rings. The Morgan fingerprint density at radius 2 is 2.00 bits per heavy atom. The molecule has 2 aromatic rings. The molecule has 106 valence electrons. The van der Waals surface area contributed by atoms with Crippen LogP contribution in [0.3, 0.4) is 0 Å². The van der Waals surface area contributed by atoms with Gasteiger partial charge in [0.05, 0.1) is 16.8 Å². The molecule has 0 aliphatic carbocycles. The third kappa shape index (κ3) is 3.78. The molecule has 0 fully saturated rings. The van der Waals surface area contributed by atoms with Crippen molar-refractivity contribution < 1.29 is 9.53 Å². The zero-order chi connectivity index (χ0) is 14.8. The average Bonchev–Trinajstić information content (AvgIpc) is 2.35. The topological polar surface area (TPSA) is 51.2 Å². The number of nitrogens with zero attached hydrogens (tertiary/aromatic N) is 1. The Hall–Kier alpha value is -1.94. The number of benzene rings is 1. The van der Waals surface area contributed by atoms with E-state index in [1.807, 2.05) is 58.0 Å². The number of nitrogens with one attached hydrogen (secondary N) is 1. The lowest BCUT2D eigenvalue weighted by atomic mass is 10.1. The number of ether oxygens (including phenoxy) is 1. The van der Waals surface area contributed by atoms with E-state index in [1.54, 1.807) is 0 Å². The molecule has 4 heteroatoms. The van der Waals surface area contributed by atoms with Crippen molar-refractivity contribution in [3.05, 3.63) is 36.0 Å². The predicted molar refractivity (Wildman–Crippen MR) is 80.8 cm³/mol. The number of anilines is 1. The summed E-state index contributed by atoms with van der Waals surface area (Å²) in [5, 5.41) is 3.83. The van der Waals surface area contributed by atoms with Crippen LogP contribution in [0.4, 0.5) is 5.69 Å². The molecule has 2 rings (SSSR count). The highest BCUT2D eigenvalue weighted by Gasteiger charge is 2.14. The Morgan fingerprint density at radius 3 is 2.70 bits per heavy atom. The zero-order valence-corrected chi connectivity index (χ0v) is 12.4. The molecule has 0 radical (unpaired) electrons. The number of rotatable bonds is 3. The zero-order valence-electron chi connectivity index (χ0n) is 12.4. The third-order valence-electron chi connectivity index (χ3n) is 2.75. The number of carbonyl (C=O) groups is 1. The van der Waals surface area contributed by atoms with Gasteiger partial charge in [-0.2, -0.15) is 0 Å². The van der Waals surface area contributed by atoms with Crippen molar-refractivity contribution in [2.45, 2.75) is 33.3 Å². The lowest BCUT2D eigenvalue weighted by Crippen LogP contribution is -2.27. The van der Waals surface area contributed by atoms with Crippen LogP contribution in [0, 0.1) is 6.92 Å². The van der Waals surface area contributed by atoms with E-state index in [2.05, 4.69) is 10.3 Å². The maximum absolute atomic E-state index is 12.0. The second-order valence-corrected chi connectivity index (χ2v) is 5.78. The van der Waals surface area contributed by atoms with Gasteiger partial charge < -0.3 is 10.1 Å². The fourth-order valence-electron chi connectivity index (χ4n) is 1.88. The second-order valence-electron chi connectivity index (χ2n) is 5.78. The van der Waals surface area contributed by atoms with E-state index >= 15 is 0 Å². The van der Waals surface area contributed by atoms with Crippen LogP contribution < -0.4 is 5.32 Å². The van der Waals surface area contributed by atoms with E-state index < -0.39 is 0 Å². The summed E-state index contributed by atoms with van der Waals surface area (Å²) in [6, 6.07) is 9.62. The predicted octanol–water partition coefficient (Wildman–Crippen LogP) is 3.30. The molecule has 4 nitrogen and oxygen atoms in total. The number of aryl methyl sites for hydroxylation is 1. The van der Waals surface area contributed by atoms with Gasteiger partial charge in [-0.25, -0.2) is 0 Å². The first-order valence-corrected chi connectivity index (χ1v) is 6.65. The van der Waals surface area contributed by atoms with E-state index in [-0.39, 0.29) is 18.1 Å². The highest BCUT2D eigenvalue weighted by molar-refractivity contribution is 6.01. The molecule has 0 unspecified atom stereocenters. The first-order valence-electron chi connectivity index (χ1n) is 6.65. The van der Waals surface area contributed by atoms with Crippen LogP contribution in [0.5, 0.6) is 0 Å². The van der Waals surface area contributed by atoms with Gasteiger partial charge >= 0.3 is 0 Å². The largest absolute Gasteiger partial charge is 0.366 e. The number of para-hydroxylation sites is 1. The molecule has 0 atom stereocenters. The fraction of sp³-hybridized carbons (Fsp3) is 0.375. The van der Waals surface area contributed by atoms with Crippen molar-refractivity contribution in [1.82, 2.24) is 4.98 Å². The molecule has 1 amide bonds. The maximum atomic E-state index is 12.0. The van der Waals surface area contributed by atoms with Crippen LogP contribution in [0.25, 0.3) is 10.9 Å². The third-order valence-corrected chi connectivity index (χ3v) is 2.75. The van der Waals surface area contributed by atoms with E-state index in [0.717, 1.165) is 22.3 Å². The van der Waals surface area contributed by atoms with Crippen LogP contribution in [0.2, 0.25) is 0 Å². The number of carbonyl (C=O) groups excluding carboxylic acids is 1. The Kier molecular flexibility index (Phi) is 4.04. The van der Waals surface area contributed by atoms with Gasteiger partial charge in [-0.1, -0.05) is 18.2 Å². The summed E-state index contributed by atoms with van der Waals surface area (Å²) in [6.45, 7) is 7.72. The number of pyridine rings is 1. The average molecular weight is 272 g/mol. The molecule has 1 heterocycles. The molecular weight excluding hydrogens is 252 g/mol. The summed E-state index contributed by atoms with van der Waals surface area (Å²) < 4.78 is 5.48. The number of aromatic nitrogens is 1. The Bertz CT molecular complexity index is 630. The standard InChI is InChI=1S/C16H20N2O2/c1-11-9-14(12-7-5-6-8-13(12)17-11)18-15(19)10-20-16(2,3)4/h5-9H,10H2,1-4H3,(H,17,18,19). The number of fused-ring (bicyclic) bond motifs is 1. The SMILES string of the molecule is Cc1cc(NC(=O)COC(C)(C)C)c2ccccc2n1. The van der Waals surface area contributed by atoms with Crippen molar-refractivity contribution in [3.63, 3.8) is 0 Å². The van der Waals surface area contributed by atoms with E-state index in [1.165, 1.54) is 0 Å². The molecule has 0 spiro atoms. The molecule has 0 aliphatic heterocycles. The Morgan fingerprint density at radius 1 is 1.30 bits per heavy atom. The normalized spacial score (nSPS) is 11.6. The minimum atomic E-state index is -0.326. The van der Waals surface area contributed by atoms with Gasteiger partial charge in [0, 0.05) is 11.1 Å². The number of hydrogen-bond donors (Lipinski definition) is 1. The highest BCUT2D eigenvalue weighted by Crippen LogP contribution is 2.22. The molecule has 0 saturated carbocycles. The van der Waals surface area contributed by atoms with Crippen LogP contribution in [0.15, 0.2) is 30.3 Å². The summed E-state index contributed by atoms with van der Waals surface area (Å²) >= 11 is 0. The summed E-state index contributed by atoms with van der Waals surface area (Å²) in [7, 11) is 0. The quantitative estimate of drug-likeness (QED) is 0.932. The van der Waals surface area contributed by atoms with Crippen molar-refractivity contribution in [3.8, 4) is 0 Å². The van der Waals surface area contributed by atoms with Crippen LogP contribution >= 0.6 is 0 Å². The summed E-state index contributed by atoms with van der Waals surface area (Å²) in [5.41, 5.74) is 2.19. The molecule has 0 saturated heterocycles. The summed E-state index contributed by atoms with van der Waals surface area (Å²) in [6.07, 6.45) is 0. The minimum Gasteiger partial charge on any atom is -0.366 e. The van der Waals surface area contributed by atoms with E-state index in [4.69, 9.17) is 4.74 Å². The summed E-state index contributed by atoms with van der Waals surface area (Å²) in [5.74, 6) is -0.157.